The van der Waals surface area contributed by atoms with Crippen LogP contribution in [0.15, 0.2) is 45.8 Å². The molecular formula is C17H18BrN3O3S. The molecule has 1 amide bonds. The van der Waals surface area contributed by atoms with Crippen molar-refractivity contribution in [3.8, 4) is 0 Å². The monoisotopic (exact) mass is 423 g/mol. The van der Waals surface area contributed by atoms with Gasteiger partial charge in [-0.1, -0.05) is 12.1 Å². The number of benzene rings is 2. The van der Waals surface area contributed by atoms with Crippen LogP contribution in [-0.2, 0) is 21.2 Å². The maximum absolute atomic E-state index is 12.4. The largest absolute Gasteiger partial charge is 0.362 e. The zero-order valence-corrected chi connectivity index (χ0v) is 16.0. The van der Waals surface area contributed by atoms with Gasteiger partial charge in [-0.05, 0) is 64.7 Å². The number of aryl methyl sites for hydroxylation is 1. The maximum atomic E-state index is 12.4. The molecule has 8 heteroatoms. The molecule has 0 atom stereocenters. The Morgan fingerprint density at radius 1 is 1.28 bits per heavy atom. The molecule has 0 radical (unpaired) electrons. The minimum atomic E-state index is -3.77. The summed E-state index contributed by atoms with van der Waals surface area (Å²) in [6.07, 6.45) is 0.766. The molecule has 3 N–H and O–H groups in total. The summed E-state index contributed by atoms with van der Waals surface area (Å²) in [5, 5.41) is 8.07. The lowest BCUT2D eigenvalue weighted by Gasteiger charge is -2.19. The molecule has 0 fully saturated rings. The fraction of sp³-hybridized carbons (Fsp3) is 0.235. The number of carbonyl (C=O) groups excluding carboxylic acids is 1. The summed E-state index contributed by atoms with van der Waals surface area (Å²) >= 11 is 3.44. The van der Waals surface area contributed by atoms with Crippen LogP contribution in [0.5, 0.6) is 0 Å². The normalized spacial score (nSPS) is 13.6. The van der Waals surface area contributed by atoms with Crippen LogP contribution in [0.1, 0.15) is 11.1 Å². The van der Waals surface area contributed by atoms with Gasteiger partial charge < -0.3 is 10.2 Å². The Bertz CT molecular complexity index is 944. The summed E-state index contributed by atoms with van der Waals surface area (Å²) in [4.78, 5) is 14.3. The van der Waals surface area contributed by atoms with Crippen molar-refractivity contribution >= 4 is 43.2 Å². The number of sulfonamides is 1. The van der Waals surface area contributed by atoms with Crippen molar-refractivity contribution < 1.29 is 13.2 Å². The second-order valence-electron chi connectivity index (χ2n) is 6.04. The molecule has 0 unspecified atom stereocenters. The fourth-order valence-corrected chi connectivity index (χ4v) is 3.98. The molecule has 0 saturated heterocycles. The standard InChI is InChI=1S/C17H18BrN3O3S/c1-11-2-5-15(14(18)8-11)20-17(22)10-21-7-6-12-3-4-13(9-16(12)21)25(19,23)24/h2-5,8-9H,6-7,10H2,1H3,(H,20,22)(H2,19,23,24). The quantitative estimate of drug-likeness (QED) is 0.789. The van der Waals surface area contributed by atoms with Crippen molar-refractivity contribution in [3.05, 3.63) is 52.0 Å². The van der Waals surface area contributed by atoms with E-state index in [4.69, 9.17) is 5.14 Å². The topological polar surface area (TPSA) is 92.5 Å². The number of nitrogens with one attached hydrogen (secondary N) is 1. The van der Waals surface area contributed by atoms with E-state index in [2.05, 4.69) is 21.2 Å². The van der Waals surface area contributed by atoms with Gasteiger partial charge in [-0.2, -0.15) is 0 Å². The van der Waals surface area contributed by atoms with Crippen LogP contribution in [-0.4, -0.2) is 27.4 Å². The van der Waals surface area contributed by atoms with E-state index in [1.807, 2.05) is 30.0 Å². The average Bonchev–Trinajstić information content (AvgIpc) is 2.91. The van der Waals surface area contributed by atoms with Gasteiger partial charge in [0.15, 0.2) is 0 Å². The Hall–Kier alpha value is -1.90. The average molecular weight is 424 g/mol. The third-order valence-corrected chi connectivity index (χ3v) is 5.68. The molecule has 0 aliphatic carbocycles. The molecule has 6 nitrogen and oxygen atoms in total. The first kappa shape index (κ1) is 17.9. The smallest absolute Gasteiger partial charge is 0.243 e. The molecule has 2 aromatic carbocycles. The lowest BCUT2D eigenvalue weighted by Crippen LogP contribution is -2.32. The van der Waals surface area contributed by atoms with Gasteiger partial charge >= 0.3 is 0 Å². The highest BCUT2D eigenvalue weighted by molar-refractivity contribution is 9.10. The van der Waals surface area contributed by atoms with Gasteiger partial charge in [0.05, 0.1) is 17.1 Å². The minimum Gasteiger partial charge on any atom is -0.362 e. The van der Waals surface area contributed by atoms with Crippen LogP contribution in [0.4, 0.5) is 11.4 Å². The number of hydrogen-bond acceptors (Lipinski definition) is 4. The van der Waals surface area contributed by atoms with Crippen LogP contribution in [0.25, 0.3) is 0 Å². The third kappa shape index (κ3) is 4.02. The summed E-state index contributed by atoms with van der Waals surface area (Å²) < 4.78 is 23.9. The van der Waals surface area contributed by atoms with Crippen molar-refractivity contribution in [3.63, 3.8) is 0 Å². The number of nitrogens with two attached hydrogens (primary N) is 1. The highest BCUT2D eigenvalue weighted by atomic mass is 79.9. The first-order chi connectivity index (χ1) is 11.7. The van der Waals surface area contributed by atoms with Crippen LogP contribution in [0, 0.1) is 6.92 Å². The molecule has 1 heterocycles. The zero-order chi connectivity index (χ0) is 18.2. The highest BCUT2D eigenvalue weighted by Gasteiger charge is 2.23. The van der Waals surface area contributed by atoms with Crippen molar-refractivity contribution in [2.24, 2.45) is 5.14 Å². The molecular weight excluding hydrogens is 406 g/mol. The molecule has 0 saturated carbocycles. The van der Waals surface area contributed by atoms with Gasteiger partial charge in [-0.25, -0.2) is 13.6 Å². The lowest BCUT2D eigenvalue weighted by atomic mass is 10.2. The number of rotatable bonds is 4. The van der Waals surface area contributed by atoms with Crippen LogP contribution in [0.2, 0.25) is 0 Å². The first-order valence-corrected chi connectivity index (χ1v) is 10.0. The molecule has 0 spiro atoms. The number of halogens is 1. The van der Waals surface area contributed by atoms with Gasteiger partial charge in [0, 0.05) is 16.7 Å². The summed E-state index contributed by atoms with van der Waals surface area (Å²) in [5.41, 5.74) is 3.54. The van der Waals surface area contributed by atoms with E-state index < -0.39 is 10.0 Å². The van der Waals surface area contributed by atoms with Crippen molar-refractivity contribution in [2.75, 3.05) is 23.3 Å². The van der Waals surface area contributed by atoms with E-state index in [1.165, 1.54) is 12.1 Å². The van der Waals surface area contributed by atoms with Crippen molar-refractivity contribution in [2.45, 2.75) is 18.2 Å². The molecule has 2 aromatic rings. The molecule has 0 bridgehead atoms. The number of nitrogens with zero attached hydrogens (tertiary/aromatic N) is 1. The predicted molar refractivity (Wildman–Crippen MR) is 101 cm³/mol. The van der Waals surface area contributed by atoms with Crippen LogP contribution < -0.4 is 15.4 Å². The molecule has 1 aliphatic rings. The fourth-order valence-electron chi connectivity index (χ4n) is 2.85. The Kier molecular flexibility index (Phi) is 4.86. The minimum absolute atomic E-state index is 0.0554. The maximum Gasteiger partial charge on any atom is 0.243 e. The third-order valence-electron chi connectivity index (χ3n) is 4.11. The first-order valence-electron chi connectivity index (χ1n) is 7.71. The second-order valence-corrected chi connectivity index (χ2v) is 8.45. The summed E-state index contributed by atoms with van der Waals surface area (Å²) in [5.74, 6) is -0.168. The van der Waals surface area contributed by atoms with E-state index in [0.29, 0.717) is 12.2 Å². The Morgan fingerprint density at radius 2 is 2.04 bits per heavy atom. The number of fused-ring (bicyclic) bond motifs is 1. The van der Waals surface area contributed by atoms with Gasteiger partial charge in [0.25, 0.3) is 0 Å². The van der Waals surface area contributed by atoms with E-state index in [0.717, 1.165) is 27.7 Å². The predicted octanol–water partition coefficient (Wildman–Crippen LogP) is 2.41. The van der Waals surface area contributed by atoms with Crippen molar-refractivity contribution in [1.29, 1.82) is 0 Å². The van der Waals surface area contributed by atoms with Gasteiger partial charge in [-0.15, -0.1) is 0 Å². The molecule has 3 rings (SSSR count). The number of amides is 1. The molecule has 25 heavy (non-hydrogen) atoms. The summed E-state index contributed by atoms with van der Waals surface area (Å²) in [6.45, 7) is 2.77. The second kappa shape index (κ2) is 6.78. The Morgan fingerprint density at radius 3 is 2.72 bits per heavy atom. The van der Waals surface area contributed by atoms with Gasteiger partial charge in [0.1, 0.15) is 0 Å². The van der Waals surface area contributed by atoms with Crippen LogP contribution >= 0.6 is 15.9 Å². The highest BCUT2D eigenvalue weighted by Crippen LogP contribution is 2.30. The van der Waals surface area contributed by atoms with Crippen molar-refractivity contribution in [1.82, 2.24) is 0 Å². The lowest BCUT2D eigenvalue weighted by molar-refractivity contribution is -0.115. The van der Waals surface area contributed by atoms with Gasteiger partial charge in [-0.3, -0.25) is 4.79 Å². The SMILES string of the molecule is Cc1ccc(NC(=O)CN2CCc3ccc(S(N)(=O)=O)cc32)c(Br)c1. The number of hydrogen-bond donors (Lipinski definition) is 2. The van der Waals surface area contributed by atoms with E-state index in [1.54, 1.807) is 6.07 Å². The van der Waals surface area contributed by atoms with E-state index >= 15 is 0 Å². The molecule has 1 aliphatic heterocycles. The molecule has 0 aromatic heterocycles. The summed E-state index contributed by atoms with van der Waals surface area (Å²) in [6, 6.07) is 10.5. The zero-order valence-electron chi connectivity index (χ0n) is 13.6. The van der Waals surface area contributed by atoms with E-state index in [9.17, 15) is 13.2 Å². The van der Waals surface area contributed by atoms with Crippen LogP contribution in [0.3, 0.4) is 0 Å². The number of primary sulfonamides is 1. The molecule has 132 valence electrons. The van der Waals surface area contributed by atoms with E-state index in [-0.39, 0.29) is 17.3 Å². The van der Waals surface area contributed by atoms with Gasteiger partial charge in [0.2, 0.25) is 15.9 Å². The number of anilines is 2. The summed E-state index contributed by atoms with van der Waals surface area (Å²) in [7, 11) is -3.77. The number of carbonyl (C=O) groups is 1. The Labute approximate surface area is 155 Å². The Balaban J connectivity index is 1.76.